The number of unbranched alkanes of at least 4 members (excludes halogenated alkanes) is 14. The highest BCUT2D eigenvalue weighted by Crippen LogP contribution is 2.41. The van der Waals surface area contributed by atoms with Gasteiger partial charge in [0.1, 0.15) is 11.5 Å². The molecule has 0 amide bonds. The van der Waals surface area contributed by atoms with Crippen LogP contribution in [0, 0.1) is 0 Å². The van der Waals surface area contributed by atoms with Crippen LogP contribution in [0.1, 0.15) is 103 Å². The van der Waals surface area contributed by atoms with Gasteiger partial charge in [-0.2, -0.15) is 0 Å². The van der Waals surface area contributed by atoms with Gasteiger partial charge in [0.2, 0.25) is 0 Å². The van der Waals surface area contributed by atoms with Crippen molar-refractivity contribution in [3.63, 3.8) is 0 Å². The quantitative estimate of drug-likeness (QED) is 0.128. The Bertz CT molecular complexity index is 979. The maximum absolute atomic E-state index is 11.1. The lowest BCUT2D eigenvalue weighted by Crippen LogP contribution is -1.89. The summed E-state index contributed by atoms with van der Waals surface area (Å²) < 4.78 is 6.01. The summed E-state index contributed by atoms with van der Waals surface area (Å²) in [4.78, 5) is 0. The van der Waals surface area contributed by atoms with Crippen LogP contribution in [0.4, 0.5) is 0 Å². The first-order chi connectivity index (χ1) is 18.8. The van der Waals surface area contributed by atoms with Crippen LogP contribution >= 0.6 is 0 Å². The predicted molar refractivity (Wildman–Crippen MR) is 164 cm³/mol. The summed E-state index contributed by atoms with van der Waals surface area (Å²) in [5, 5.41) is 11.1. The van der Waals surface area contributed by atoms with E-state index in [0.29, 0.717) is 0 Å². The van der Waals surface area contributed by atoms with Gasteiger partial charge in [-0.3, -0.25) is 0 Å². The fourth-order valence-corrected chi connectivity index (χ4v) is 5.00. The van der Waals surface area contributed by atoms with Gasteiger partial charge in [-0.15, -0.1) is 0 Å². The normalized spacial score (nSPS) is 11.3. The van der Waals surface area contributed by atoms with Crippen LogP contribution in [0.5, 0.6) is 11.5 Å². The van der Waals surface area contributed by atoms with Crippen molar-refractivity contribution in [1.82, 2.24) is 0 Å². The van der Waals surface area contributed by atoms with Gasteiger partial charge in [-0.25, -0.2) is 0 Å². The van der Waals surface area contributed by atoms with Gasteiger partial charge in [0, 0.05) is 11.1 Å². The molecule has 0 aliphatic heterocycles. The van der Waals surface area contributed by atoms with Crippen LogP contribution in [0.25, 0.3) is 22.3 Å². The van der Waals surface area contributed by atoms with Crippen molar-refractivity contribution in [2.24, 2.45) is 0 Å². The highest BCUT2D eigenvalue weighted by molar-refractivity contribution is 5.83. The molecule has 0 atom stereocenters. The maximum Gasteiger partial charge on any atom is 0.131 e. The molecule has 3 aromatic rings. The molecule has 0 aliphatic rings. The molecule has 1 N–H and O–H groups in total. The monoisotopic (exact) mass is 512 g/mol. The Morgan fingerprint density at radius 1 is 0.579 bits per heavy atom. The van der Waals surface area contributed by atoms with Crippen LogP contribution in [-0.2, 0) is 0 Å². The lowest BCUT2D eigenvalue weighted by Gasteiger charge is -2.13. The van der Waals surface area contributed by atoms with E-state index in [1.54, 1.807) is 6.26 Å². The van der Waals surface area contributed by atoms with E-state index >= 15 is 0 Å². The molecule has 2 nitrogen and oxygen atoms in total. The minimum atomic E-state index is 0.279. The summed E-state index contributed by atoms with van der Waals surface area (Å²) in [6.07, 6.45) is 24.3. The van der Waals surface area contributed by atoms with Crippen molar-refractivity contribution in [1.29, 1.82) is 0 Å². The van der Waals surface area contributed by atoms with E-state index in [2.05, 4.69) is 13.0 Å². The van der Waals surface area contributed by atoms with Crippen molar-refractivity contribution in [2.75, 3.05) is 0 Å². The average Bonchev–Trinajstić information content (AvgIpc) is 2.96. The zero-order valence-electron chi connectivity index (χ0n) is 23.5. The Labute approximate surface area is 231 Å². The molecule has 38 heavy (non-hydrogen) atoms. The number of hydrogen-bond acceptors (Lipinski definition) is 2. The summed E-state index contributed by atoms with van der Waals surface area (Å²) >= 11 is 0. The van der Waals surface area contributed by atoms with Gasteiger partial charge in [0.25, 0.3) is 0 Å². The molecule has 3 aromatic carbocycles. The number of hydrogen-bond donors (Lipinski definition) is 1. The Hall–Kier alpha value is -3.00. The van der Waals surface area contributed by atoms with Gasteiger partial charge < -0.3 is 9.84 Å². The van der Waals surface area contributed by atoms with Crippen molar-refractivity contribution in [2.45, 2.75) is 103 Å². The molecule has 0 heterocycles. The fourth-order valence-electron chi connectivity index (χ4n) is 5.00. The van der Waals surface area contributed by atoms with Gasteiger partial charge in [-0.05, 0) is 42.2 Å². The Balaban J connectivity index is 1.36. The van der Waals surface area contributed by atoms with E-state index in [0.717, 1.165) is 34.4 Å². The van der Waals surface area contributed by atoms with E-state index in [9.17, 15) is 5.11 Å². The Kier molecular flexibility index (Phi) is 14.2. The SMILES string of the molecule is CCCCCCCCCCCCCCCCC=COc1cc(-c2ccccc2)c(O)c(-c2ccccc2)c1. The third kappa shape index (κ3) is 10.8. The molecule has 0 aromatic heterocycles. The summed E-state index contributed by atoms with van der Waals surface area (Å²) in [7, 11) is 0. The lowest BCUT2D eigenvalue weighted by molar-refractivity contribution is 0.465. The van der Waals surface area contributed by atoms with Crippen LogP contribution in [0.2, 0.25) is 0 Å². The summed E-state index contributed by atoms with van der Waals surface area (Å²) in [6.45, 7) is 2.29. The third-order valence-electron chi connectivity index (χ3n) is 7.28. The van der Waals surface area contributed by atoms with Crippen LogP contribution in [-0.4, -0.2) is 5.11 Å². The lowest BCUT2D eigenvalue weighted by atomic mass is 9.97. The van der Waals surface area contributed by atoms with Gasteiger partial charge in [-0.1, -0.05) is 151 Å². The minimum absolute atomic E-state index is 0.279. The summed E-state index contributed by atoms with van der Waals surface area (Å²) in [5.41, 5.74) is 3.50. The maximum atomic E-state index is 11.1. The molecule has 0 fully saturated rings. The zero-order chi connectivity index (χ0) is 26.7. The molecule has 3 rings (SSSR count). The van der Waals surface area contributed by atoms with Crippen LogP contribution in [0.15, 0.2) is 85.1 Å². The Morgan fingerprint density at radius 3 is 1.45 bits per heavy atom. The van der Waals surface area contributed by atoms with Crippen molar-refractivity contribution in [3.05, 3.63) is 85.1 Å². The number of aromatic hydroxyl groups is 1. The van der Waals surface area contributed by atoms with E-state index in [1.807, 2.05) is 72.8 Å². The highest BCUT2D eigenvalue weighted by Gasteiger charge is 2.14. The number of rotatable bonds is 19. The second kappa shape index (κ2) is 18.3. The third-order valence-corrected chi connectivity index (χ3v) is 7.28. The second-order valence-corrected chi connectivity index (χ2v) is 10.5. The largest absolute Gasteiger partial charge is 0.507 e. The molecule has 0 bridgehead atoms. The van der Waals surface area contributed by atoms with Crippen LogP contribution < -0.4 is 4.74 Å². The molecular weight excluding hydrogens is 464 g/mol. The molecule has 0 radical (unpaired) electrons. The van der Waals surface area contributed by atoms with Gasteiger partial charge in [0.15, 0.2) is 0 Å². The average molecular weight is 513 g/mol. The van der Waals surface area contributed by atoms with Gasteiger partial charge >= 0.3 is 0 Å². The second-order valence-electron chi connectivity index (χ2n) is 10.5. The number of phenolic OH excluding ortho intramolecular Hbond substituents is 1. The van der Waals surface area contributed by atoms with E-state index in [1.165, 1.54) is 89.9 Å². The fraction of sp³-hybridized carbons (Fsp3) is 0.444. The molecule has 0 unspecified atom stereocenters. The van der Waals surface area contributed by atoms with Crippen LogP contribution in [0.3, 0.4) is 0 Å². The number of allylic oxidation sites excluding steroid dienone is 1. The smallest absolute Gasteiger partial charge is 0.131 e. The number of phenols is 1. The van der Waals surface area contributed by atoms with E-state index in [-0.39, 0.29) is 5.75 Å². The van der Waals surface area contributed by atoms with Crippen molar-refractivity contribution in [3.8, 4) is 33.8 Å². The molecular formula is C36H48O2. The first-order valence-corrected chi connectivity index (χ1v) is 15.1. The molecule has 0 aliphatic carbocycles. The Morgan fingerprint density at radius 2 is 1.00 bits per heavy atom. The number of benzene rings is 3. The topological polar surface area (TPSA) is 29.5 Å². The summed E-state index contributed by atoms with van der Waals surface area (Å²) in [6, 6.07) is 23.8. The van der Waals surface area contributed by atoms with Crippen molar-refractivity contribution >= 4 is 0 Å². The van der Waals surface area contributed by atoms with Gasteiger partial charge in [0.05, 0.1) is 6.26 Å². The van der Waals surface area contributed by atoms with E-state index in [4.69, 9.17) is 4.74 Å². The van der Waals surface area contributed by atoms with Crippen molar-refractivity contribution < 1.29 is 9.84 Å². The number of ether oxygens (including phenoxy) is 1. The van der Waals surface area contributed by atoms with E-state index < -0.39 is 0 Å². The molecule has 0 saturated carbocycles. The standard InChI is InChI=1S/C36H48O2/c1-2-3-4-5-6-7-8-9-10-11-12-13-14-15-16-23-28-38-33-29-34(31-24-19-17-20-25-31)36(37)35(30-33)32-26-21-18-22-27-32/h17-30,37H,2-16H2,1H3. The molecule has 204 valence electrons. The summed E-state index contributed by atoms with van der Waals surface area (Å²) in [5.74, 6) is 1.01. The molecule has 0 saturated heterocycles. The predicted octanol–water partition coefficient (Wildman–Crippen LogP) is 11.5. The first kappa shape index (κ1) is 29.6. The zero-order valence-corrected chi connectivity index (χ0v) is 23.5. The minimum Gasteiger partial charge on any atom is -0.507 e. The molecule has 2 heteroatoms. The first-order valence-electron chi connectivity index (χ1n) is 15.1. The highest BCUT2D eigenvalue weighted by atomic mass is 16.5. The molecule has 0 spiro atoms.